The SMILES string of the molecule is CCc1nc(Nc2ncn[nH]2)nc(Sc2ccc(NC(=O)C3CC3)cc2)n1. The van der Waals surface area contributed by atoms with Gasteiger partial charge in [0, 0.05) is 22.9 Å². The van der Waals surface area contributed by atoms with Gasteiger partial charge in [-0.2, -0.15) is 20.1 Å². The number of H-pyrrole nitrogens is 1. The standard InChI is InChI=1S/C17H18N8OS/c1-2-13-21-16(23-15-18-9-19-25-15)24-17(22-13)27-12-7-5-11(6-8-12)20-14(26)10-3-4-10/h5-10H,2-4H2,1H3,(H,20,26)(H2,18,19,21,22,23,24,25). The zero-order chi connectivity index (χ0) is 18.6. The molecule has 0 unspecified atom stereocenters. The van der Waals surface area contributed by atoms with E-state index in [9.17, 15) is 4.79 Å². The molecule has 1 aliphatic carbocycles. The van der Waals surface area contributed by atoms with Crippen LogP contribution in [0.15, 0.2) is 40.6 Å². The number of benzene rings is 1. The van der Waals surface area contributed by atoms with Crippen molar-refractivity contribution >= 4 is 35.3 Å². The molecule has 2 aromatic heterocycles. The maximum Gasteiger partial charge on any atom is 0.233 e. The van der Waals surface area contributed by atoms with Crippen molar-refractivity contribution in [3.05, 3.63) is 36.4 Å². The van der Waals surface area contributed by atoms with Crippen LogP contribution in [0.5, 0.6) is 0 Å². The van der Waals surface area contributed by atoms with Crippen molar-refractivity contribution in [3.63, 3.8) is 0 Å². The number of aryl methyl sites for hydroxylation is 1. The van der Waals surface area contributed by atoms with E-state index in [0.29, 0.717) is 29.3 Å². The molecule has 1 amide bonds. The van der Waals surface area contributed by atoms with E-state index in [4.69, 9.17) is 0 Å². The van der Waals surface area contributed by atoms with Gasteiger partial charge in [0.15, 0.2) is 5.16 Å². The lowest BCUT2D eigenvalue weighted by molar-refractivity contribution is -0.117. The van der Waals surface area contributed by atoms with Crippen molar-refractivity contribution < 1.29 is 4.79 Å². The first-order chi connectivity index (χ1) is 13.2. The zero-order valence-electron chi connectivity index (χ0n) is 14.6. The average Bonchev–Trinajstić information content (AvgIpc) is 3.41. The minimum atomic E-state index is 0.101. The molecule has 9 nitrogen and oxygen atoms in total. The van der Waals surface area contributed by atoms with Gasteiger partial charge in [0.2, 0.25) is 17.8 Å². The zero-order valence-corrected chi connectivity index (χ0v) is 15.5. The highest BCUT2D eigenvalue weighted by molar-refractivity contribution is 7.99. The molecule has 1 aliphatic rings. The molecule has 3 aromatic rings. The fraction of sp³-hybridized carbons (Fsp3) is 0.294. The summed E-state index contributed by atoms with van der Waals surface area (Å²) in [6, 6.07) is 7.65. The maximum atomic E-state index is 11.8. The Morgan fingerprint density at radius 3 is 2.70 bits per heavy atom. The Bertz CT molecular complexity index is 925. The van der Waals surface area contributed by atoms with Gasteiger partial charge in [-0.25, -0.2) is 10.1 Å². The number of carbonyl (C=O) groups excluding carboxylic acids is 1. The molecule has 1 aromatic carbocycles. The lowest BCUT2D eigenvalue weighted by Crippen LogP contribution is -2.12. The molecule has 0 spiro atoms. The number of nitrogens with one attached hydrogen (secondary N) is 3. The van der Waals surface area contributed by atoms with Crippen molar-refractivity contribution in [2.24, 2.45) is 5.92 Å². The molecule has 27 heavy (non-hydrogen) atoms. The molecule has 3 N–H and O–H groups in total. The van der Waals surface area contributed by atoms with Gasteiger partial charge >= 0.3 is 0 Å². The summed E-state index contributed by atoms with van der Waals surface area (Å²) >= 11 is 1.43. The van der Waals surface area contributed by atoms with Gasteiger partial charge in [0.05, 0.1) is 0 Å². The van der Waals surface area contributed by atoms with Crippen LogP contribution >= 0.6 is 11.8 Å². The van der Waals surface area contributed by atoms with E-state index in [0.717, 1.165) is 23.4 Å². The van der Waals surface area contributed by atoms with Crippen LogP contribution in [0.2, 0.25) is 0 Å². The van der Waals surface area contributed by atoms with Gasteiger partial charge in [0.1, 0.15) is 12.2 Å². The fourth-order valence-electron chi connectivity index (χ4n) is 2.33. The van der Waals surface area contributed by atoms with Crippen molar-refractivity contribution in [3.8, 4) is 0 Å². The van der Waals surface area contributed by atoms with Crippen molar-refractivity contribution in [1.29, 1.82) is 0 Å². The highest BCUT2D eigenvalue weighted by Gasteiger charge is 2.29. The van der Waals surface area contributed by atoms with Gasteiger partial charge in [0.25, 0.3) is 0 Å². The van der Waals surface area contributed by atoms with Crippen LogP contribution in [0.3, 0.4) is 0 Å². The molecule has 10 heteroatoms. The summed E-state index contributed by atoms with van der Waals surface area (Å²) < 4.78 is 0. The Morgan fingerprint density at radius 2 is 2.04 bits per heavy atom. The molecule has 0 radical (unpaired) electrons. The van der Waals surface area contributed by atoms with Gasteiger partial charge in [-0.3, -0.25) is 10.1 Å². The van der Waals surface area contributed by atoms with Crippen LogP contribution in [0.25, 0.3) is 0 Å². The first kappa shape index (κ1) is 17.4. The Labute approximate surface area is 159 Å². The Kier molecular flexibility index (Phi) is 4.97. The molecule has 1 saturated carbocycles. The van der Waals surface area contributed by atoms with Gasteiger partial charge in [-0.1, -0.05) is 6.92 Å². The average molecular weight is 382 g/mol. The monoisotopic (exact) mass is 382 g/mol. The largest absolute Gasteiger partial charge is 0.326 e. The van der Waals surface area contributed by atoms with Crippen molar-refractivity contribution in [2.45, 2.75) is 36.2 Å². The Hall–Kier alpha value is -3.01. The number of nitrogens with zero attached hydrogens (tertiary/aromatic N) is 5. The van der Waals surface area contributed by atoms with Crippen LogP contribution in [0.4, 0.5) is 17.6 Å². The molecule has 1 fully saturated rings. The first-order valence-corrected chi connectivity index (χ1v) is 9.47. The third kappa shape index (κ3) is 4.59. The number of hydrogen-bond donors (Lipinski definition) is 3. The molecule has 0 atom stereocenters. The molecular weight excluding hydrogens is 364 g/mol. The lowest BCUT2D eigenvalue weighted by atomic mass is 10.3. The topological polar surface area (TPSA) is 121 Å². The number of aromatic nitrogens is 6. The molecular formula is C17H18N8OS. The Morgan fingerprint density at radius 1 is 1.22 bits per heavy atom. The third-order valence-corrected chi connectivity index (χ3v) is 4.77. The molecule has 0 aliphatic heterocycles. The summed E-state index contributed by atoms with van der Waals surface area (Å²) in [7, 11) is 0. The van der Waals surface area contributed by atoms with Gasteiger partial charge in [-0.05, 0) is 48.9 Å². The van der Waals surface area contributed by atoms with E-state index in [1.54, 1.807) is 0 Å². The maximum absolute atomic E-state index is 11.8. The summed E-state index contributed by atoms with van der Waals surface area (Å²) in [4.78, 5) is 30.1. The number of anilines is 3. The third-order valence-electron chi connectivity index (χ3n) is 3.90. The quantitative estimate of drug-likeness (QED) is 0.570. The molecule has 0 saturated heterocycles. The highest BCUT2D eigenvalue weighted by Crippen LogP contribution is 2.31. The van der Waals surface area contributed by atoms with E-state index in [-0.39, 0.29) is 11.8 Å². The van der Waals surface area contributed by atoms with E-state index in [1.165, 1.54) is 18.1 Å². The summed E-state index contributed by atoms with van der Waals surface area (Å²) in [6.45, 7) is 1.99. The Balaban J connectivity index is 1.46. The van der Waals surface area contributed by atoms with Crippen LogP contribution in [0, 0.1) is 5.92 Å². The molecule has 4 rings (SSSR count). The van der Waals surface area contributed by atoms with Crippen LogP contribution in [-0.4, -0.2) is 36.0 Å². The summed E-state index contributed by atoms with van der Waals surface area (Å²) in [6.07, 6.45) is 4.07. The predicted octanol–water partition coefficient (Wildman–Crippen LogP) is 2.80. The number of hydrogen-bond acceptors (Lipinski definition) is 8. The van der Waals surface area contributed by atoms with Crippen LogP contribution in [0.1, 0.15) is 25.6 Å². The minimum Gasteiger partial charge on any atom is -0.326 e. The highest BCUT2D eigenvalue weighted by atomic mass is 32.2. The number of carbonyl (C=O) groups is 1. The lowest BCUT2D eigenvalue weighted by Gasteiger charge is -2.07. The fourth-order valence-corrected chi connectivity index (χ4v) is 3.10. The van der Waals surface area contributed by atoms with E-state index < -0.39 is 0 Å². The van der Waals surface area contributed by atoms with Crippen molar-refractivity contribution in [1.82, 2.24) is 30.1 Å². The van der Waals surface area contributed by atoms with E-state index in [1.807, 2.05) is 31.2 Å². The van der Waals surface area contributed by atoms with Crippen LogP contribution in [-0.2, 0) is 11.2 Å². The van der Waals surface area contributed by atoms with Crippen molar-refractivity contribution in [2.75, 3.05) is 10.6 Å². The van der Waals surface area contributed by atoms with E-state index in [2.05, 4.69) is 40.8 Å². The molecule has 138 valence electrons. The second kappa shape index (κ2) is 7.70. The summed E-state index contributed by atoms with van der Waals surface area (Å²) in [5.41, 5.74) is 0.800. The van der Waals surface area contributed by atoms with Gasteiger partial charge in [-0.15, -0.1) is 0 Å². The normalized spacial score (nSPS) is 13.4. The summed E-state index contributed by atoms with van der Waals surface area (Å²) in [5, 5.41) is 13.0. The second-order valence-electron chi connectivity index (χ2n) is 6.06. The number of amides is 1. The number of aromatic amines is 1. The summed E-state index contributed by atoms with van der Waals surface area (Å²) in [5.74, 6) is 1.85. The predicted molar refractivity (Wildman–Crippen MR) is 101 cm³/mol. The second-order valence-corrected chi connectivity index (χ2v) is 7.10. The van der Waals surface area contributed by atoms with Crippen LogP contribution < -0.4 is 10.6 Å². The van der Waals surface area contributed by atoms with Gasteiger partial charge < -0.3 is 5.32 Å². The molecule has 2 heterocycles. The molecule has 0 bridgehead atoms. The smallest absolute Gasteiger partial charge is 0.233 e. The number of rotatable bonds is 7. The first-order valence-electron chi connectivity index (χ1n) is 8.65. The minimum absolute atomic E-state index is 0.101. The van der Waals surface area contributed by atoms with E-state index >= 15 is 0 Å².